The van der Waals surface area contributed by atoms with E-state index in [4.69, 9.17) is 9.26 Å². The molecule has 1 aromatic carbocycles. The number of methoxy groups -OCH3 is 1. The molecule has 1 fully saturated rings. The van der Waals surface area contributed by atoms with Crippen molar-refractivity contribution in [3.05, 3.63) is 64.8 Å². The van der Waals surface area contributed by atoms with Gasteiger partial charge in [-0.1, -0.05) is 17.3 Å². The minimum absolute atomic E-state index is 0.0770. The number of carbonyl (C=O) groups excluding carboxylic acids is 1. The van der Waals surface area contributed by atoms with E-state index in [0.717, 1.165) is 28.6 Å². The molecule has 1 aliphatic heterocycles. The molecule has 4 heterocycles. The van der Waals surface area contributed by atoms with Crippen LogP contribution >= 0.6 is 0 Å². The van der Waals surface area contributed by atoms with Crippen molar-refractivity contribution in [1.29, 1.82) is 0 Å². The molecule has 0 spiro atoms. The average molecular weight is 467 g/mol. The summed E-state index contributed by atoms with van der Waals surface area (Å²) in [5.74, 6) is 0.839. The lowest BCUT2D eigenvalue weighted by molar-refractivity contribution is 0.0736. The van der Waals surface area contributed by atoms with Crippen molar-refractivity contribution in [2.75, 3.05) is 13.7 Å². The van der Waals surface area contributed by atoms with Gasteiger partial charge < -0.3 is 14.2 Å². The molecule has 1 saturated heterocycles. The van der Waals surface area contributed by atoms with Gasteiger partial charge in [0.15, 0.2) is 5.65 Å². The topological polar surface area (TPSA) is 85.8 Å². The maximum atomic E-state index is 14.0. The summed E-state index contributed by atoms with van der Waals surface area (Å²) in [6.45, 7) is 4.19. The van der Waals surface area contributed by atoms with E-state index in [9.17, 15) is 13.6 Å². The molecule has 0 unspecified atom stereocenters. The lowest BCUT2D eigenvalue weighted by Crippen LogP contribution is -2.31. The molecule has 0 saturated carbocycles. The zero-order chi connectivity index (χ0) is 24.0. The summed E-state index contributed by atoms with van der Waals surface area (Å²) < 4.78 is 39.7. The number of hydrogen-bond acceptors (Lipinski definition) is 6. The van der Waals surface area contributed by atoms with Crippen molar-refractivity contribution in [2.24, 2.45) is 0 Å². The number of carbonyl (C=O) groups is 1. The van der Waals surface area contributed by atoms with Crippen LogP contribution in [0.4, 0.5) is 8.78 Å². The van der Waals surface area contributed by atoms with Crippen LogP contribution in [0.3, 0.4) is 0 Å². The van der Waals surface area contributed by atoms with Crippen LogP contribution in [0.25, 0.3) is 16.9 Å². The first kappa shape index (κ1) is 22.0. The van der Waals surface area contributed by atoms with Crippen LogP contribution in [0.15, 0.2) is 41.1 Å². The fraction of sp³-hybridized carbons (Fsp3) is 0.333. The van der Waals surface area contributed by atoms with Crippen LogP contribution in [0.2, 0.25) is 0 Å². The fourth-order valence-electron chi connectivity index (χ4n) is 4.72. The van der Waals surface area contributed by atoms with Crippen molar-refractivity contribution in [3.63, 3.8) is 0 Å². The first-order valence-electron chi connectivity index (χ1n) is 10.9. The lowest BCUT2D eigenvalue weighted by Gasteiger charge is -2.24. The van der Waals surface area contributed by atoms with Gasteiger partial charge in [-0.25, -0.2) is 18.3 Å². The Bertz CT molecular complexity index is 1360. The molecule has 5 rings (SSSR count). The molecule has 1 atom stereocenters. The summed E-state index contributed by atoms with van der Waals surface area (Å²) in [5, 5.41) is 8.12. The van der Waals surface area contributed by atoms with E-state index in [-0.39, 0.29) is 34.5 Å². The second-order valence-corrected chi connectivity index (χ2v) is 8.26. The second-order valence-electron chi connectivity index (χ2n) is 8.26. The van der Waals surface area contributed by atoms with Crippen LogP contribution in [-0.4, -0.2) is 44.2 Å². The molecule has 0 radical (unpaired) electrons. The minimum atomic E-state index is -2.82. The highest BCUT2D eigenvalue weighted by atomic mass is 19.3. The Morgan fingerprint density at radius 2 is 2.06 bits per heavy atom. The highest BCUT2D eigenvalue weighted by molar-refractivity contribution is 6.00. The van der Waals surface area contributed by atoms with E-state index in [0.29, 0.717) is 23.6 Å². The van der Waals surface area contributed by atoms with E-state index >= 15 is 0 Å². The SMILES string of the molecule is COc1ccccc1-c1cc(C(F)F)n2ncc(C(=O)N3CCC[C@H]3c3c(C)noc3C)c2n1. The number of aryl methyl sites for hydroxylation is 2. The zero-order valence-corrected chi connectivity index (χ0v) is 19.0. The van der Waals surface area contributed by atoms with E-state index in [1.165, 1.54) is 19.4 Å². The Labute approximate surface area is 194 Å². The van der Waals surface area contributed by atoms with Gasteiger partial charge in [-0.2, -0.15) is 5.10 Å². The molecule has 0 N–H and O–H groups in total. The predicted molar refractivity (Wildman–Crippen MR) is 119 cm³/mol. The van der Waals surface area contributed by atoms with E-state index < -0.39 is 6.43 Å². The van der Waals surface area contributed by atoms with Crippen LogP contribution in [0.1, 0.15) is 58.4 Å². The number of halogens is 2. The third kappa shape index (κ3) is 3.49. The molecule has 8 nitrogen and oxygen atoms in total. The molecular weight excluding hydrogens is 444 g/mol. The largest absolute Gasteiger partial charge is 0.496 e. The maximum absolute atomic E-state index is 14.0. The normalized spacial score (nSPS) is 16.1. The number of rotatable bonds is 5. The first-order chi connectivity index (χ1) is 16.4. The number of hydrogen-bond donors (Lipinski definition) is 0. The van der Waals surface area contributed by atoms with Crippen LogP contribution in [0.5, 0.6) is 5.75 Å². The standard InChI is InChI=1S/C24H23F2N5O3/c1-13-21(14(2)34-29-13)18-8-6-10-30(18)24(32)16-12-27-31-19(22(25)26)11-17(28-23(16)31)15-7-4-5-9-20(15)33-3/h4-5,7,9,11-12,18,22H,6,8,10H2,1-3H3/t18-/m0/s1. The third-order valence-electron chi connectivity index (χ3n) is 6.27. The third-order valence-corrected chi connectivity index (χ3v) is 6.27. The van der Waals surface area contributed by atoms with Crippen molar-refractivity contribution < 1.29 is 22.8 Å². The Kier molecular flexibility index (Phi) is 5.51. The molecule has 10 heteroatoms. The number of alkyl halides is 2. The van der Waals surface area contributed by atoms with Gasteiger partial charge in [0, 0.05) is 17.7 Å². The van der Waals surface area contributed by atoms with E-state index in [2.05, 4.69) is 15.2 Å². The monoisotopic (exact) mass is 467 g/mol. The van der Waals surface area contributed by atoms with Crippen LogP contribution in [-0.2, 0) is 0 Å². The Balaban J connectivity index is 1.63. The molecule has 3 aromatic heterocycles. The van der Waals surface area contributed by atoms with Gasteiger partial charge in [-0.05, 0) is 44.9 Å². The van der Waals surface area contributed by atoms with E-state index in [1.807, 2.05) is 13.8 Å². The summed E-state index contributed by atoms with van der Waals surface area (Å²) in [6, 6.07) is 8.08. The van der Waals surface area contributed by atoms with Crippen LogP contribution < -0.4 is 4.74 Å². The smallest absolute Gasteiger partial charge is 0.280 e. The van der Waals surface area contributed by atoms with Crippen molar-refractivity contribution in [2.45, 2.75) is 39.2 Å². The fourth-order valence-corrected chi connectivity index (χ4v) is 4.72. The first-order valence-corrected chi connectivity index (χ1v) is 10.9. The molecule has 1 aliphatic rings. The van der Waals surface area contributed by atoms with Gasteiger partial charge in [-0.15, -0.1) is 0 Å². The number of amides is 1. The van der Waals surface area contributed by atoms with Gasteiger partial charge in [0.25, 0.3) is 12.3 Å². The van der Waals surface area contributed by atoms with Gasteiger partial charge in [0.2, 0.25) is 0 Å². The molecule has 34 heavy (non-hydrogen) atoms. The quantitative estimate of drug-likeness (QED) is 0.414. The number of aromatic nitrogens is 4. The summed E-state index contributed by atoms with van der Waals surface area (Å²) in [7, 11) is 1.50. The molecule has 176 valence electrons. The van der Waals surface area contributed by atoms with Gasteiger partial charge in [0.1, 0.15) is 22.8 Å². The molecule has 1 amide bonds. The van der Waals surface area contributed by atoms with Gasteiger partial charge in [-0.3, -0.25) is 4.79 Å². The summed E-state index contributed by atoms with van der Waals surface area (Å²) in [5.41, 5.74) is 2.33. The maximum Gasteiger partial charge on any atom is 0.280 e. The van der Waals surface area contributed by atoms with E-state index in [1.54, 1.807) is 29.2 Å². The van der Waals surface area contributed by atoms with Crippen molar-refractivity contribution >= 4 is 11.6 Å². The summed E-state index contributed by atoms with van der Waals surface area (Å²) in [6.07, 6.45) is 0.0621. The highest BCUT2D eigenvalue weighted by Gasteiger charge is 2.36. The number of nitrogens with zero attached hydrogens (tertiary/aromatic N) is 5. The van der Waals surface area contributed by atoms with Crippen LogP contribution in [0, 0.1) is 13.8 Å². The zero-order valence-electron chi connectivity index (χ0n) is 19.0. The van der Waals surface area contributed by atoms with Gasteiger partial charge >= 0.3 is 0 Å². The molecule has 4 aromatic rings. The minimum Gasteiger partial charge on any atom is -0.496 e. The number of para-hydroxylation sites is 1. The molecular formula is C24H23F2N5O3. The molecule has 0 bridgehead atoms. The van der Waals surface area contributed by atoms with Gasteiger partial charge in [0.05, 0.1) is 30.7 Å². The number of likely N-dealkylation sites (tertiary alicyclic amines) is 1. The summed E-state index contributed by atoms with van der Waals surface area (Å²) in [4.78, 5) is 20.0. The lowest BCUT2D eigenvalue weighted by atomic mass is 10.0. The second kappa shape index (κ2) is 8.51. The van der Waals surface area contributed by atoms with Crippen molar-refractivity contribution in [3.8, 4) is 17.0 Å². The Hall–Kier alpha value is -3.82. The number of ether oxygens (including phenoxy) is 1. The predicted octanol–water partition coefficient (Wildman–Crippen LogP) is 4.92. The Morgan fingerprint density at radius 3 is 2.76 bits per heavy atom. The molecule has 0 aliphatic carbocycles. The average Bonchev–Trinajstić information content (AvgIpc) is 3.56. The van der Waals surface area contributed by atoms with Crippen molar-refractivity contribution in [1.82, 2.24) is 24.7 Å². The highest BCUT2D eigenvalue weighted by Crippen LogP contribution is 2.37. The Morgan fingerprint density at radius 1 is 1.26 bits per heavy atom. The number of fused-ring (bicyclic) bond motifs is 1. The summed E-state index contributed by atoms with van der Waals surface area (Å²) >= 11 is 0. The number of benzene rings is 1.